The number of halogens is 2. The van der Waals surface area contributed by atoms with E-state index in [2.05, 4.69) is 48.0 Å². The van der Waals surface area contributed by atoms with Gasteiger partial charge in [0.25, 0.3) is 5.91 Å². The fraction of sp³-hybridized carbons (Fsp3) is 0.167. The number of thiocarbonyl (C=S) groups is 1. The number of hydrogen-bond donors (Lipinski definition) is 3. The van der Waals surface area contributed by atoms with E-state index in [1.54, 1.807) is 12.1 Å². The number of ether oxygens (including phenoxy) is 1. The Kier molecular flexibility index (Phi) is 8.70. The molecule has 2 aromatic rings. The van der Waals surface area contributed by atoms with E-state index in [1.165, 1.54) is 0 Å². The molecule has 142 valence electrons. The number of hydrogen-bond acceptors (Lipinski definition) is 4. The number of rotatable bonds is 6. The van der Waals surface area contributed by atoms with E-state index in [-0.39, 0.29) is 17.6 Å². The first-order valence-corrected chi connectivity index (χ1v) is 9.94. The molecule has 0 aromatic heterocycles. The molecule has 9 heteroatoms. The maximum atomic E-state index is 11.9. The molecule has 0 bridgehead atoms. The molecule has 0 fully saturated rings. The molecule has 0 saturated heterocycles. The largest absolute Gasteiger partial charge is 0.483 e. The maximum absolute atomic E-state index is 11.9. The van der Waals surface area contributed by atoms with Crippen molar-refractivity contribution in [1.82, 2.24) is 16.2 Å². The first-order valence-electron chi connectivity index (χ1n) is 7.94. The molecule has 0 spiro atoms. The second-order valence-corrected chi connectivity index (χ2v) is 7.58. The molecule has 6 nitrogen and oxygen atoms in total. The summed E-state index contributed by atoms with van der Waals surface area (Å²) in [5.41, 5.74) is 6.01. The van der Waals surface area contributed by atoms with Gasteiger partial charge in [-0.05, 0) is 58.3 Å². The van der Waals surface area contributed by atoms with Gasteiger partial charge in [0.05, 0.1) is 4.47 Å². The smallest absolute Gasteiger partial charge is 0.264 e. The molecule has 0 unspecified atom stereocenters. The zero-order chi connectivity index (χ0) is 19.6. The van der Waals surface area contributed by atoms with Gasteiger partial charge >= 0.3 is 0 Å². The first kappa shape index (κ1) is 21.3. The highest BCUT2D eigenvalue weighted by atomic mass is 79.9. The Morgan fingerprint density at radius 1 is 1.00 bits per heavy atom. The van der Waals surface area contributed by atoms with Crippen LogP contribution in [0.5, 0.6) is 5.75 Å². The van der Waals surface area contributed by atoms with Crippen LogP contribution in [0.4, 0.5) is 0 Å². The minimum atomic E-state index is -0.444. The SMILES string of the molecule is O=C(CCc1ccccc1)NNC(=S)NC(=O)COc1ccc(Br)cc1Br. The van der Waals surface area contributed by atoms with Gasteiger partial charge in [-0.1, -0.05) is 46.3 Å². The lowest BCUT2D eigenvalue weighted by Gasteiger charge is -2.12. The van der Waals surface area contributed by atoms with E-state index < -0.39 is 5.91 Å². The fourth-order valence-corrected chi connectivity index (χ4v) is 3.35. The van der Waals surface area contributed by atoms with Crippen molar-refractivity contribution in [3.63, 3.8) is 0 Å². The highest BCUT2D eigenvalue weighted by molar-refractivity contribution is 9.11. The van der Waals surface area contributed by atoms with Gasteiger partial charge in [0, 0.05) is 10.9 Å². The van der Waals surface area contributed by atoms with Crippen LogP contribution in [-0.2, 0) is 16.0 Å². The topological polar surface area (TPSA) is 79.5 Å². The molecule has 0 heterocycles. The average Bonchev–Trinajstić information content (AvgIpc) is 2.65. The second kappa shape index (κ2) is 11.0. The molecular formula is C18H17Br2N3O3S. The van der Waals surface area contributed by atoms with Crippen molar-refractivity contribution in [3.05, 3.63) is 63.0 Å². The quantitative estimate of drug-likeness (QED) is 0.407. The lowest BCUT2D eigenvalue weighted by atomic mass is 10.1. The molecule has 0 saturated carbocycles. The Morgan fingerprint density at radius 3 is 2.44 bits per heavy atom. The summed E-state index contributed by atoms with van der Waals surface area (Å²) < 4.78 is 7.02. The lowest BCUT2D eigenvalue weighted by molar-refractivity contribution is -0.123. The number of benzene rings is 2. The van der Waals surface area contributed by atoms with Crippen molar-refractivity contribution in [2.75, 3.05) is 6.61 Å². The molecule has 2 aromatic carbocycles. The van der Waals surface area contributed by atoms with E-state index in [4.69, 9.17) is 17.0 Å². The minimum absolute atomic E-state index is 0.00784. The van der Waals surface area contributed by atoms with Crippen LogP contribution in [-0.4, -0.2) is 23.5 Å². The highest BCUT2D eigenvalue weighted by Crippen LogP contribution is 2.27. The van der Waals surface area contributed by atoms with Gasteiger partial charge in [0.15, 0.2) is 11.7 Å². The summed E-state index contributed by atoms with van der Waals surface area (Å²) in [5, 5.41) is 2.42. The molecule has 2 rings (SSSR count). The predicted octanol–water partition coefficient (Wildman–Crippen LogP) is 3.25. The van der Waals surface area contributed by atoms with Crippen molar-refractivity contribution < 1.29 is 14.3 Å². The van der Waals surface area contributed by atoms with Crippen LogP contribution < -0.4 is 20.9 Å². The molecule has 0 aliphatic heterocycles. The van der Waals surface area contributed by atoms with Gasteiger partial charge in [-0.2, -0.15) is 0 Å². The highest BCUT2D eigenvalue weighted by Gasteiger charge is 2.09. The monoisotopic (exact) mass is 513 g/mol. The van der Waals surface area contributed by atoms with Gasteiger partial charge in [-0.25, -0.2) is 0 Å². The summed E-state index contributed by atoms with van der Waals surface area (Å²) in [6.07, 6.45) is 0.914. The number of carbonyl (C=O) groups excluding carboxylic acids is 2. The second-order valence-electron chi connectivity index (χ2n) is 5.40. The van der Waals surface area contributed by atoms with Gasteiger partial charge in [-0.15, -0.1) is 0 Å². The molecule has 0 aliphatic carbocycles. The van der Waals surface area contributed by atoms with Crippen LogP contribution in [0.3, 0.4) is 0 Å². The molecule has 0 radical (unpaired) electrons. The maximum Gasteiger partial charge on any atom is 0.264 e. The van der Waals surface area contributed by atoms with Gasteiger partial charge in [0.1, 0.15) is 5.75 Å². The van der Waals surface area contributed by atoms with Crippen molar-refractivity contribution in [2.24, 2.45) is 0 Å². The minimum Gasteiger partial charge on any atom is -0.483 e. The van der Waals surface area contributed by atoms with E-state index >= 15 is 0 Å². The molecule has 27 heavy (non-hydrogen) atoms. The molecular weight excluding hydrogens is 498 g/mol. The van der Waals surface area contributed by atoms with Crippen LogP contribution in [0, 0.1) is 0 Å². The third-order valence-electron chi connectivity index (χ3n) is 3.30. The summed E-state index contributed by atoms with van der Waals surface area (Å²) in [7, 11) is 0. The van der Waals surface area contributed by atoms with Crippen LogP contribution in [0.25, 0.3) is 0 Å². The number of amides is 2. The third kappa shape index (κ3) is 8.06. The van der Waals surface area contributed by atoms with E-state index in [1.807, 2.05) is 36.4 Å². The molecule has 0 atom stereocenters. The van der Waals surface area contributed by atoms with E-state index in [0.717, 1.165) is 14.5 Å². The normalized spacial score (nSPS) is 10.0. The Morgan fingerprint density at radius 2 is 1.74 bits per heavy atom. The van der Waals surface area contributed by atoms with E-state index in [9.17, 15) is 9.59 Å². The fourth-order valence-electron chi connectivity index (χ4n) is 2.02. The standard InChI is InChI=1S/C18H17Br2N3O3S/c19-13-7-8-15(14(20)10-13)26-11-17(25)21-18(27)23-22-16(24)9-6-12-4-2-1-3-5-12/h1-5,7-8,10H,6,9,11H2,(H,22,24)(H2,21,23,25,27). The Balaban J connectivity index is 1.65. The van der Waals surface area contributed by atoms with E-state index in [0.29, 0.717) is 18.6 Å². The molecule has 2 amide bonds. The number of nitrogens with one attached hydrogen (secondary N) is 3. The summed E-state index contributed by atoms with van der Waals surface area (Å²) in [6.45, 7) is -0.218. The van der Waals surface area contributed by atoms with Crippen LogP contribution in [0.15, 0.2) is 57.5 Å². The van der Waals surface area contributed by atoms with Crippen LogP contribution in [0.1, 0.15) is 12.0 Å². The van der Waals surface area contributed by atoms with Gasteiger partial charge < -0.3 is 4.74 Å². The van der Waals surface area contributed by atoms with Crippen molar-refractivity contribution in [2.45, 2.75) is 12.8 Å². The number of carbonyl (C=O) groups is 2. The van der Waals surface area contributed by atoms with Gasteiger partial charge in [-0.3, -0.25) is 25.8 Å². The summed E-state index contributed by atoms with van der Waals surface area (Å²) in [5.74, 6) is -0.146. The summed E-state index contributed by atoms with van der Waals surface area (Å²) in [6, 6.07) is 15.0. The van der Waals surface area contributed by atoms with Crippen molar-refractivity contribution in [3.8, 4) is 5.75 Å². The lowest BCUT2D eigenvalue weighted by Crippen LogP contribution is -2.49. The third-order valence-corrected chi connectivity index (χ3v) is 4.62. The Hall–Kier alpha value is -1.97. The zero-order valence-corrected chi connectivity index (χ0v) is 18.1. The average molecular weight is 515 g/mol. The number of aryl methyl sites for hydroxylation is 1. The molecule has 0 aliphatic rings. The number of hydrazine groups is 1. The summed E-state index contributed by atoms with van der Waals surface area (Å²) in [4.78, 5) is 23.7. The first-order chi connectivity index (χ1) is 12.9. The Bertz CT molecular complexity index is 819. The Labute approximate surface area is 179 Å². The summed E-state index contributed by atoms with van der Waals surface area (Å²) >= 11 is 11.7. The predicted molar refractivity (Wildman–Crippen MR) is 114 cm³/mol. The zero-order valence-electron chi connectivity index (χ0n) is 14.1. The molecule has 3 N–H and O–H groups in total. The van der Waals surface area contributed by atoms with Crippen molar-refractivity contribution in [1.29, 1.82) is 0 Å². The van der Waals surface area contributed by atoms with Crippen LogP contribution in [0.2, 0.25) is 0 Å². The van der Waals surface area contributed by atoms with Gasteiger partial charge in [0.2, 0.25) is 5.91 Å². The van der Waals surface area contributed by atoms with Crippen LogP contribution >= 0.6 is 44.1 Å². The van der Waals surface area contributed by atoms with Crippen molar-refractivity contribution >= 4 is 61.0 Å².